The van der Waals surface area contributed by atoms with Gasteiger partial charge >= 0.3 is 17.9 Å². The Labute approximate surface area is 221 Å². The minimum Gasteiger partial charge on any atom is -0.481 e. The maximum atomic E-state index is 13.9. The summed E-state index contributed by atoms with van der Waals surface area (Å²) in [5.41, 5.74) is -0.821. The van der Waals surface area contributed by atoms with E-state index in [-0.39, 0.29) is 24.2 Å². The van der Waals surface area contributed by atoms with E-state index in [1.54, 1.807) is 19.5 Å². The van der Waals surface area contributed by atoms with E-state index in [9.17, 15) is 24.3 Å². The maximum absolute atomic E-state index is 13.9. The highest BCUT2D eigenvalue weighted by atomic mass is 16.6. The Bertz CT molecular complexity index is 1260. The van der Waals surface area contributed by atoms with Crippen LogP contribution in [0.4, 0.5) is 0 Å². The molecule has 2 fully saturated rings. The van der Waals surface area contributed by atoms with Gasteiger partial charge in [-0.15, -0.1) is 0 Å². The zero-order chi connectivity index (χ0) is 27.8. The number of carbonyl (C=O) groups is 4. The van der Waals surface area contributed by atoms with Crippen molar-refractivity contribution < 1.29 is 42.9 Å². The van der Waals surface area contributed by atoms with Crippen LogP contribution in [-0.4, -0.2) is 54.2 Å². The van der Waals surface area contributed by atoms with Crippen LogP contribution in [0, 0.1) is 28.1 Å². The van der Waals surface area contributed by atoms with E-state index < -0.39 is 58.2 Å². The SMILES string of the molecule is COC(=O)C[C@H]1[C@]2(C)C3=C(C)[C@H](c4ccoc4)C[C@H]3O[C@@H]2[C@H](OC(C)=O)[C@@H]2[C@]1(C)C(=O)C=C[C@@]2(C)C(=O)O. The van der Waals surface area contributed by atoms with Crippen molar-refractivity contribution in [3.8, 4) is 0 Å². The quantitative estimate of drug-likeness (QED) is 0.449. The number of carbonyl (C=O) groups excluding carboxylic acids is 3. The van der Waals surface area contributed by atoms with Gasteiger partial charge in [-0.2, -0.15) is 0 Å². The summed E-state index contributed by atoms with van der Waals surface area (Å²) in [6.07, 6.45) is 4.35. The largest absolute Gasteiger partial charge is 0.481 e. The Hall–Kier alpha value is -3.20. The predicted octanol–water partition coefficient (Wildman–Crippen LogP) is 3.83. The number of hydrogen-bond donors (Lipinski definition) is 1. The van der Waals surface area contributed by atoms with E-state index in [1.165, 1.54) is 33.1 Å². The number of carboxylic acid groups (broad SMARTS) is 1. The van der Waals surface area contributed by atoms with Gasteiger partial charge in [-0.25, -0.2) is 0 Å². The van der Waals surface area contributed by atoms with Crippen molar-refractivity contribution in [3.05, 3.63) is 47.5 Å². The predicted molar refractivity (Wildman–Crippen MR) is 133 cm³/mol. The Kier molecular flexibility index (Phi) is 6.02. The van der Waals surface area contributed by atoms with Crippen molar-refractivity contribution in [3.63, 3.8) is 0 Å². The van der Waals surface area contributed by atoms with Crippen LogP contribution >= 0.6 is 0 Å². The summed E-state index contributed by atoms with van der Waals surface area (Å²) >= 11 is 0. The van der Waals surface area contributed by atoms with Gasteiger partial charge in [0.2, 0.25) is 0 Å². The van der Waals surface area contributed by atoms with Gasteiger partial charge in [-0.05, 0) is 49.5 Å². The molecule has 0 bridgehead atoms. The highest BCUT2D eigenvalue weighted by molar-refractivity contribution is 5.99. The van der Waals surface area contributed by atoms with Gasteiger partial charge in [0, 0.05) is 29.6 Å². The molecule has 0 unspecified atom stereocenters. The molecule has 1 aliphatic heterocycles. The molecule has 3 aliphatic carbocycles. The monoisotopic (exact) mass is 526 g/mol. The summed E-state index contributed by atoms with van der Waals surface area (Å²) in [4.78, 5) is 52.0. The summed E-state index contributed by atoms with van der Waals surface area (Å²) < 4.78 is 23.0. The standard InChI is InChI=1S/C29H34O9/c1-14-17(16-8-10-36-13-16)11-18-22(14)29(5)19(12-21(32)35-6)28(4)20(31)7-9-27(3,26(33)34)24(28)23(25(29)38-18)37-15(2)30/h7-10,13,17-19,23-25H,11-12H2,1-6H3,(H,33,34)/t17-,18-,19-,23-,24+,25-,27-,28+,29-/m1/s1. The second-order valence-electron chi connectivity index (χ2n) is 11.7. The fourth-order valence-corrected chi connectivity index (χ4v) is 8.36. The lowest BCUT2D eigenvalue weighted by Gasteiger charge is -2.62. The second kappa shape index (κ2) is 8.66. The molecule has 0 spiro atoms. The number of allylic oxidation sites excluding steroid dienone is 2. The Balaban J connectivity index is 1.78. The molecule has 38 heavy (non-hydrogen) atoms. The summed E-state index contributed by atoms with van der Waals surface area (Å²) in [6, 6.07) is 1.91. The van der Waals surface area contributed by atoms with E-state index in [0.29, 0.717) is 6.42 Å². The third-order valence-corrected chi connectivity index (χ3v) is 9.99. The number of carboxylic acids is 1. The molecular formula is C29H34O9. The number of ketones is 1. The number of methoxy groups -OCH3 is 1. The van der Waals surface area contributed by atoms with Gasteiger partial charge in [0.15, 0.2) is 5.78 Å². The van der Waals surface area contributed by atoms with E-state index in [2.05, 4.69) is 0 Å². The van der Waals surface area contributed by atoms with Crippen molar-refractivity contribution in [2.45, 2.75) is 71.7 Å². The van der Waals surface area contributed by atoms with Crippen LogP contribution in [0.2, 0.25) is 0 Å². The molecule has 1 saturated heterocycles. The zero-order valence-corrected chi connectivity index (χ0v) is 22.5. The Morgan fingerprint density at radius 2 is 1.89 bits per heavy atom. The molecule has 1 aromatic heterocycles. The summed E-state index contributed by atoms with van der Waals surface area (Å²) in [5, 5.41) is 10.4. The molecule has 1 N–H and O–H groups in total. The smallest absolute Gasteiger partial charge is 0.313 e. The highest BCUT2D eigenvalue weighted by Gasteiger charge is 2.75. The van der Waals surface area contributed by atoms with Crippen molar-refractivity contribution in [2.24, 2.45) is 28.1 Å². The number of hydrogen-bond acceptors (Lipinski definition) is 8. The van der Waals surface area contributed by atoms with E-state index in [4.69, 9.17) is 18.6 Å². The Morgan fingerprint density at radius 3 is 2.47 bits per heavy atom. The number of furan rings is 1. The van der Waals surface area contributed by atoms with Crippen molar-refractivity contribution in [2.75, 3.05) is 7.11 Å². The van der Waals surface area contributed by atoms with Crippen molar-refractivity contribution in [1.82, 2.24) is 0 Å². The van der Waals surface area contributed by atoms with Crippen LogP contribution < -0.4 is 0 Å². The number of fused-ring (bicyclic) bond motifs is 4. The topological polar surface area (TPSA) is 129 Å². The zero-order valence-electron chi connectivity index (χ0n) is 22.5. The van der Waals surface area contributed by atoms with Gasteiger partial charge in [-0.3, -0.25) is 19.2 Å². The summed E-state index contributed by atoms with van der Waals surface area (Å²) in [5.74, 6) is -4.20. The lowest BCUT2D eigenvalue weighted by Crippen LogP contribution is -2.70. The molecule has 1 aromatic rings. The van der Waals surface area contributed by atoms with Gasteiger partial charge in [0.05, 0.1) is 37.6 Å². The van der Waals surface area contributed by atoms with Crippen molar-refractivity contribution in [1.29, 1.82) is 0 Å². The molecule has 9 nitrogen and oxygen atoms in total. The molecular weight excluding hydrogens is 492 g/mol. The first-order valence-corrected chi connectivity index (χ1v) is 12.9. The number of aliphatic carboxylic acids is 1. The third kappa shape index (κ3) is 3.33. The van der Waals surface area contributed by atoms with Crippen LogP contribution in [0.15, 0.2) is 46.3 Å². The van der Waals surface area contributed by atoms with Crippen LogP contribution in [0.1, 0.15) is 58.9 Å². The molecule has 0 aromatic carbocycles. The minimum atomic E-state index is -1.55. The maximum Gasteiger partial charge on any atom is 0.313 e. The first-order chi connectivity index (χ1) is 17.8. The average Bonchev–Trinajstić information content (AvgIpc) is 3.55. The van der Waals surface area contributed by atoms with E-state index >= 15 is 0 Å². The number of ether oxygens (including phenoxy) is 3. The molecule has 0 radical (unpaired) electrons. The Morgan fingerprint density at radius 1 is 1.18 bits per heavy atom. The third-order valence-electron chi connectivity index (χ3n) is 9.99. The molecule has 204 valence electrons. The molecule has 2 heterocycles. The van der Waals surface area contributed by atoms with Crippen LogP contribution in [0.5, 0.6) is 0 Å². The minimum absolute atomic E-state index is 0.0224. The van der Waals surface area contributed by atoms with Crippen molar-refractivity contribution >= 4 is 23.7 Å². The van der Waals surface area contributed by atoms with Crippen LogP contribution in [-0.2, 0) is 33.4 Å². The van der Waals surface area contributed by atoms with Gasteiger partial charge in [0.1, 0.15) is 12.2 Å². The number of rotatable bonds is 5. The van der Waals surface area contributed by atoms with Gasteiger partial charge in [-0.1, -0.05) is 25.5 Å². The molecule has 5 rings (SSSR count). The molecule has 9 atom stereocenters. The summed E-state index contributed by atoms with van der Waals surface area (Å²) in [6.45, 7) is 8.50. The highest BCUT2D eigenvalue weighted by Crippen LogP contribution is 2.70. The molecule has 4 aliphatic rings. The fraction of sp³-hybridized carbons (Fsp3) is 0.586. The van der Waals surface area contributed by atoms with E-state index in [0.717, 1.165) is 16.7 Å². The molecule has 0 amide bonds. The van der Waals surface area contributed by atoms with Crippen LogP contribution in [0.25, 0.3) is 0 Å². The lowest BCUT2D eigenvalue weighted by atomic mass is 9.41. The normalized spacial score (nSPS) is 41.4. The summed E-state index contributed by atoms with van der Waals surface area (Å²) in [7, 11) is 1.29. The van der Waals surface area contributed by atoms with Crippen LogP contribution in [0.3, 0.4) is 0 Å². The first kappa shape index (κ1) is 26.4. The second-order valence-corrected chi connectivity index (χ2v) is 11.7. The van der Waals surface area contributed by atoms with Gasteiger partial charge in [0.25, 0.3) is 0 Å². The lowest BCUT2D eigenvalue weighted by molar-refractivity contribution is -0.226. The van der Waals surface area contributed by atoms with Gasteiger partial charge < -0.3 is 23.7 Å². The molecule has 1 saturated carbocycles. The molecule has 9 heteroatoms. The number of esters is 2. The van der Waals surface area contributed by atoms with E-state index in [1.807, 2.05) is 19.9 Å². The average molecular weight is 527 g/mol. The first-order valence-electron chi connectivity index (χ1n) is 12.9. The fourth-order valence-electron chi connectivity index (χ4n) is 8.36.